The second-order valence-electron chi connectivity index (χ2n) is 5.91. The van der Waals surface area contributed by atoms with Crippen molar-refractivity contribution in [3.63, 3.8) is 0 Å². The molecule has 0 aromatic heterocycles. The zero-order valence-corrected chi connectivity index (χ0v) is 15.6. The molecular formula is C18H16F3NO5S. The molecule has 0 saturated heterocycles. The first kappa shape index (κ1) is 21.4. The Labute approximate surface area is 159 Å². The number of hydrogen-bond donors (Lipinski definition) is 1. The highest BCUT2D eigenvalue weighted by atomic mass is 32.2. The number of carbonyl (C=O) groups is 2. The number of benzene rings is 2. The highest BCUT2D eigenvalue weighted by molar-refractivity contribution is 7.90. The molecule has 2 aromatic carbocycles. The second kappa shape index (κ2) is 8.01. The van der Waals surface area contributed by atoms with Gasteiger partial charge in [0.2, 0.25) is 0 Å². The Morgan fingerprint density at radius 2 is 1.68 bits per heavy atom. The average Bonchev–Trinajstić information content (AvgIpc) is 2.60. The second-order valence-corrected chi connectivity index (χ2v) is 7.93. The molecule has 0 aliphatic carbocycles. The Balaban J connectivity index is 2.03. The van der Waals surface area contributed by atoms with Crippen LogP contribution in [0.25, 0.3) is 0 Å². The van der Waals surface area contributed by atoms with Crippen molar-refractivity contribution in [2.45, 2.75) is 24.1 Å². The lowest BCUT2D eigenvalue weighted by atomic mass is 10.2. The van der Waals surface area contributed by atoms with Crippen LogP contribution in [0.15, 0.2) is 53.4 Å². The number of alkyl halides is 3. The zero-order valence-electron chi connectivity index (χ0n) is 14.8. The van der Waals surface area contributed by atoms with Crippen LogP contribution in [0.2, 0.25) is 0 Å². The van der Waals surface area contributed by atoms with E-state index in [0.717, 1.165) is 36.6 Å². The predicted molar refractivity (Wildman–Crippen MR) is 94.5 cm³/mol. The molecule has 1 unspecified atom stereocenters. The molecule has 1 amide bonds. The van der Waals surface area contributed by atoms with Crippen molar-refractivity contribution in [1.82, 2.24) is 0 Å². The Morgan fingerprint density at radius 3 is 2.21 bits per heavy atom. The number of carbonyl (C=O) groups excluding carboxylic acids is 2. The molecule has 0 heterocycles. The van der Waals surface area contributed by atoms with E-state index in [4.69, 9.17) is 4.74 Å². The lowest BCUT2D eigenvalue weighted by Crippen LogP contribution is -2.30. The molecule has 10 heteroatoms. The zero-order chi connectivity index (χ0) is 21.1. The minimum Gasteiger partial charge on any atom is -0.449 e. The molecule has 28 heavy (non-hydrogen) atoms. The van der Waals surface area contributed by atoms with Gasteiger partial charge in [-0.05, 0) is 49.4 Å². The van der Waals surface area contributed by atoms with Crippen LogP contribution < -0.4 is 5.32 Å². The predicted octanol–water partition coefficient (Wildman–Crippen LogP) is 3.29. The Morgan fingerprint density at radius 1 is 1.07 bits per heavy atom. The van der Waals surface area contributed by atoms with Crippen LogP contribution in [0.4, 0.5) is 18.9 Å². The number of halogens is 3. The van der Waals surface area contributed by atoms with Crippen LogP contribution in [0.1, 0.15) is 22.8 Å². The van der Waals surface area contributed by atoms with Crippen LogP contribution >= 0.6 is 0 Å². The molecule has 150 valence electrons. The minimum absolute atomic E-state index is 0.0582. The van der Waals surface area contributed by atoms with Crippen LogP contribution in [0.3, 0.4) is 0 Å². The van der Waals surface area contributed by atoms with Gasteiger partial charge in [0.05, 0.1) is 16.0 Å². The topological polar surface area (TPSA) is 89.5 Å². The van der Waals surface area contributed by atoms with Gasteiger partial charge >= 0.3 is 12.1 Å². The fourth-order valence-corrected chi connectivity index (χ4v) is 2.79. The summed E-state index contributed by atoms with van der Waals surface area (Å²) >= 11 is 0. The summed E-state index contributed by atoms with van der Waals surface area (Å²) in [5.41, 5.74) is -0.826. The van der Waals surface area contributed by atoms with Gasteiger partial charge in [-0.25, -0.2) is 13.2 Å². The lowest BCUT2D eigenvalue weighted by Gasteiger charge is -2.14. The van der Waals surface area contributed by atoms with Gasteiger partial charge in [-0.2, -0.15) is 13.2 Å². The van der Waals surface area contributed by atoms with E-state index in [1.165, 1.54) is 25.1 Å². The van der Waals surface area contributed by atoms with Gasteiger partial charge in [0.15, 0.2) is 15.9 Å². The van der Waals surface area contributed by atoms with Gasteiger partial charge in [-0.3, -0.25) is 4.79 Å². The third-order valence-corrected chi connectivity index (χ3v) is 4.74. The molecule has 0 aliphatic rings. The monoisotopic (exact) mass is 415 g/mol. The van der Waals surface area contributed by atoms with E-state index in [0.29, 0.717) is 0 Å². The standard InChI is InChI=1S/C18H16F3NO5S/c1-11(16(23)22-14-8-6-13(7-9-14)18(19,20)21)27-17(24)12-4-3-5-15(10-12)28(2,25)26/h3-11H,1-2H3,(H,22,23). The van der Waals surface area contributed by atoms with E-state index in [1.54, 1.807) is 0 Å². The fourth-order valence-electron chi connectivity index (χ4n) is 2.12. The Hall–Kier alpha value is -2.88. The molecule has 2 aromatic rings. The largest absolute Gasteiger partial charge is 0.449 e. The molecule has 6 nitrogen and oxygen atoms in total. The quantitative estimate of drug-likeness (QED) is 0.757. The van der Waals surface area contributed by atoms with Gasteiger partial charge < -0.3 is 10.1 Å². The van der Waals surface area contributed by atoms with Gasteiger partial charge in [0.25, 0.3) is 5.91 Å². The van der Waals surface area contributed by atoms with Gasteiger partial charge in [0, 0.05) is 11.9 Å². The first-order chi connectivity index (χ1) is 12.9. The molecule has 1 atom stereocenters. The van der Waals surface area contributed by atoms with E-state index in [1.807, 2.05) is 0 Å². The molecule has 0 saturated carbocycles. The van der Waals surface area contributed by atoms with Crippen molar-refractivity contribution in [2.24, 2.45) is 0 Å². The highest BCUT2D eigenvalue weighted by Crippen LogP contribution is 2.29. The van der Waals surface area contributed by atoms with E-state index >= 15 is 0 Å². The van der Waals surface area contributed by atoms with Crippen LogP contribution in [0.5, 0.6) is 0 Å². The first-order valence-electron chi connectivity index (χ1n) is 7.87. The minimum atomic E-state index is -4.49. The van der Waals surface area contributed by atoms with Crippen molar-refractivity contribution in [3.05, 3.63) is 59.7 Å². The lowest BCUT2D eigenvalue weighted by molar-refractivity contribution is -0.137. The van der Waals surface area contributed by atoms with Crippen molar-refractivity contribution >= 4 is 27.4 Å². The van der Waals surface area contributed by atoms with Crippen LogP contribution in [0, 0.1) is 0 Å². The number of ether oxygens (including phenoxy) is 1. The Kier molecular flexibility index (Phi) is 6.13. The highest BCUT2D eigenvalue weighted by Gasteiger charge is 2.30. The van der Waals surface area contributed by atoms with E-state index in [2.05, 4.69) is 5.32 Å². The third kappa shape index (κ3) is 5.56. The molecule has 0 spiro atoms. The van der Waals surface area contributed by atoms with Crippen LogP contribution in [-0.4, -0.2) is 32.7 Å². The Bertz CT molecular complexity index is 985. The molecule has 0 aliphatic heterocycles. The third-order valence-electron chi connectivity index (χ3n) is 3.63. The summed E-state index contributed by atoms with van der Waals surface area (Å²) in [4.78, 5) is 24.1. The van der Waals surface area contributed by atoms with Gasteiger partial charge in [-0.1, -0.05) is 6.07 Å². The number of sulfone groups is 1. The summed E-state index contributed by atoms with van der Waals surface area (Å²) in [7, 11) is -3.53. The number of anilines is 1. The normalized spacial score (nSPS) is 12.9. The number of esters is 1. The number of hydrogen-bond acceptors (Lipinski definition) is 5. The smallest absolute Gasteiger partial charge is 0.416 e. The van der Waals surface area contributed by atoms with E-state index < -0.39 is 39.6 Å². The summed E-state index contributed by atoms with van der Waals surface area (Å²) in [5.74, 6) is -1.67. The van der Waals surface area contributed by atoms with E-state index in [9.17, 15) is 31.2 Å². The fraction of sp³-hybridized carbons (Fsp3) is 0.222. The van der Waals surface area contributed by atoms with Gasteiger partial charge in [-0.15, -0.1) is 0 Å². The average molecular weight is 415 g/mol. The van der Waals surface area contributed by atoms with Crippen molar-refractivity contribution in [3.8, 4) is 0 Å². The summed E-state index contributed by atoms with van der Waals surface area (Å²) in [5, 5.41) is 2.33. The maximum absolute atomic E-state index is 12.5. The summed E-state index contributed by atoms with van der Waals surface area (Å²) < 4.78 is 65.7. The summed E-state index contributed by atoms with van der Waals surface area (Å²) in [6.45, 7) is 1.28. The molecule has 0 radical (unpaired) electrons. The van der Waals surface area contributed by atoms with Gasteiger partial charge in [0.1, 0.15) is 0 Å². The number of rotatable bonds is 5. The molecule has 0 bridgehead atoms. The maximum atomic E-state index is 12.5. The van der Waals surface area contributed by atoms with E-state index in [-0.39, 0.29) is 16.1 Å². The van der Waals surface area contributed by atoms with Crippen molar-refractivity contribution in [1.29, 1.82) is 0 Å². The number of nitrogens with one attached hydrogen (secondary N) is 1. The molecule has 0 fully saturated rings. The molecular weight excluding hydrogens is 399 g/mol. The summed E-state index contributed by atoms with van der Waals surface area (Å²) in [6, 6.07) is 8.89. The first-order valence-corrected chi connectivity index (χ1v) is 9.76. The molecule has 1 N–H and O–H groups in total. The van der Waals surface area contributed by atoms with Crippen LogP contribution in [-0.2, 0) is 25.5 Å². The summed E-state index contributed by atoms with van der Waals surface area (Å²) in [6.07, 6.45) is -4.78. The SMILES string of the molecule is CC(OC(=O)c1cccc(S(C)(=O)=O)c1)C(=O)Nc1ccc(C(F)(F)F)cc1. The maximum Gasteiger partial charge on any atom is 0.416 e. The van der Waals surface area contributed by atoms with Crippen molar-refractivity contribution in [2.75, 3.05) is 11.6 Å². The number of amides is 1. The molecule has 2 rings (SSSR count). The van der Waals surface area contributed by atoms with Crippen molar-refractivity contribution < 1.29 is 35.9 Å².